The Hall–Kier alpha value is -3.40. The minimum atomic E-state index is -4.03. The van der Waals surface area contributed by atoms with Gasteiger partial charge in [0.25, 0.3) is 0 Å². The molecule has 1 aromatic heterocycles. The lowest BCUT2D eigenvalue weighted by Gasteiger charge is -2.13. The smallest absolute Gasteiger partial charge is 0.328 e. The van der Waals surface area contributed by atoms with Gasteiger partial charge < -0.3 is 10.1 Å². The second-order valence-corrected chi connectivity index (χ2v) is 8.77. The Morgan fingerprint density at radius 2 is 1.60 bits per heavy atom. The van der Waals surface area contributed by atoms with Crippen LogP contribution in [0.15, 0.2) is 51.0 Å². The number of hydrogen-bond acceptors (Lipinski definition) is 6. The first kappa shape index (κ1) is 21.3. The average molecular weight is 431 g/mol. The van der Waals surface area contributed by atoms with E-state index in [0.717, 1.165) is 12.7 Å². The summed E-state index contributed by atoms with van der Waals surface area (Å²) in [6, 6.07) is 9.03. The zero-order valence-electron chi connectivity index (χ0n) is 16.9. The molecule has 1 amide bonds. The lowest BCUT2D eigenvalue weighted by molar-refractivity contribution is -0.142. The van der Waals surface area contributed by atoms with Crippen molar-refractivity contribution in [2.24, 2.45) is 14.1 Å². The Balaban J connectivity index is 2.23. The minimum absolute atomic E-state index is 0.0295. The summed E-state index contributed by atoms with van der Waals surface area (Å²) >= 11 is 0. The molecule has 0 aliphatic heterocycles. The molecule has 0 fully saturated rings. The maximum absolute atomic E-state index is 13.3. The van der Waals surface area contributed by atoms with E-state index in [-0.39, 0.29) is 21.2 Å². The molecule has 0 atom stereocenters. The fraction of sp³-hybridized carbons (Fsp3) is 0.250. The predicted octanol–water partition coefficient (Wildman–Crippen LogP) is 1.52. The fourth-order valence-electron chi connectivity index (χ4n) is 3.09. The van der Waals surface area contributed by atoms with Crippen molar-refractivity contribution in [3.8, 4) is 0 Å². The fourth-order valence-corrected chi connectivity index (χ4v) is 4.50. The molecular weight excluding hydrogens is 410 g/mol. The number of ether oxygens (including phenoxy) is 1. The Bertz CT molecular complexity index is 1320. The van der Waals surface area contributed by atoms with Crippen LogP contribution in [-0.4, -0.2) is 36.5 Å². The molecule has 0 radical (unpaired) electrons. The number of aryl methyl sites for hydroxylation is 3. The van der Waals surface area contributed by atoms with Crippen LogP contribution in [0.5, 0.6) is 0 Å². The first-order chi connectivity index (χ1) is 14.1. The van der Waals surface area contributed by atoms with Gasteiger partial charge in [0.15, 0.2) is 0 Å². The second-order valence-electron chi connectivity index (χ2n) is 6.86. The molecule has 3 rings (SSSR count). The Morgan fingerprint density at radius 1 is 1.03 bits per heavy atom. The molecule has 0 bridgehead atoms. The number of amides is 1. The van der Waals surface area contributed by atoms with Crippen LogP contribution in [-0.2, 0) is 38.3 Å². The van der Waals surface area contributed by atoms with Crippen LogP contribution in [0.3, 0.4) is 0 Å². The standard InChI is InChI=1S/C20H21N3O6S/c1-12-5-7-13(8-6-12)30(27,28)17-10-16-15(22(2)20(26)23(16)3)9-14(17)21-18(24)11-19(25)29-4/h5-10H,11H2,1-4H3,(H,21,24). The molecule has 9 nitrogen and oxygen atoms in total. The van der Waals surface area contributed by atoms with Gasteiger partial charge in [0, 0.05) is 14.1 Å². The van der Waals surface area contributed by atoms with Crippen molar-refractivity contribution in [1.29, 1.82) is 0 Å². The maximum atomic E-state index is 13.3. The van der Waals surface area contributed by atoms with E-state index in [1.54, 1.807) is 19.2 Å². The second kappa shape index (κ2) is 7.79. The molecule has 0 unspecified atom stereocenters. The predicted molar refractivity (Wildman–Crippen MR) is 110 cm³/mol. The highest BCUT2D eigenvalue weighted by atomic mass is 32.2. The highest BCUT2D eigenvalue weighted by molar-refractivity contribution is 7.91. The largest absolute Gasteiger partial charge is 0.469 e. The van der Waals surface area contributed by atoms with Gasteiger partial charge in [-0.3, -0.25) is 18.7 Å². The first-order valence-electron chi connectivity index (χ1n) is 8.94. The summed E-state index contributed by atoms with van der Waals surface area (Å²) in [4.78, 5) is 35.8. The van der Waals surface area contributed by atoms with E-state index >= 15 is 0 Å². The molecule has 158 valence electrons. The zero-order valence-corrected chi connectivity index (χ0v) is 17.7. The third-order valence-corrected chi connectivity index (χ3v) is 6.61. The molecule has 1 N–H and O–H groups in total. The number of carbonyl (C=O) groups is 2. The van der Waals surface area contributed by atoms with Gasteiger partial charge in [-0.25, -0.2) is 13.2 Å². The molecule has 0 saturated heterocycles. The van der Waals surface area contributed by atoms with Crippen LogP contribution in [0.1, 0.15) is 12.0 Å². The Morgan fingerprint density at radius 3 is 2.17 bits per heavy atom. The number of aromatic nitrogens is 2. The average Bonchev–Trinajstić information content (AvgIpc) is 2.91. The number of hydrogen-bond donors (Lipinski definition) is 1. The monoisotopic (exact) mass is 431 g/mol. The van der Waals surface area contributed by atoms with Crippen LogP contribution < -0.4 is 11.0 Å². The number of carbonyl (C=O) groups excluding carboxylic acids is 2. The molecule has 3 aromatic rings. The van der Waals surface area contributed by atoms with Gasteiger partial charge in [0.2, 0.25) is 15.7 Å². The van der Waals surface area contributed by atoms with E-state index in [1.807, 2.05) is 6.92 Å². The maximum Gasteiger partial charge on any atom is 0.328 e. The first-order valence-corrected chi connectivity index (χ1v) is 10.4. The quantitative estimate of drug-likeness (QED) is 0.484. The Kier molecular flexibility index (Phi) is 5.53. The molecule has 10 heteroatoms. The molecule has 0 saturated carbocycles. The van der Waals surface area contributed by atoms with Crippen molar-refractivity contribution in [3.05, 3.63) is 52.4 Å². The summed E-state index contributed by atoms with van der Waals surface area (Å²) in [5.41, 5.74) is 1.33. The lowest BCUT2D eigenvalue weighted by atomic mass is 10.2. The summed E-state index contributed by atoms with van der Waals surface area (Å²) in [6.45, 7) is 1.83. The van der Waals surface area contributed by atoms with Gasteiger partial charge in [-0.15, -0.1) is 0 Å². The number of rotatable bonds is 5. The summed E-state index contributed by atoms with van der Waals surface area (Å²) in [5.74, 6) is -1.49. The number of imidazole rings is 1. The van der Waals surface area contributed by atoms with Crippen LogP contribution in [0.2, 0.25) is 0 Å². The van der Waals surface area contributed by atoms with E-state index in [4.69, 9.17) is 0 Å². The van der Waals surface area contributed by atoms with E-state index < -0.39 is 28.1 Å². The molecule has 0 aliphatic carbocycles. The summed E-state index contributed by atoms with van der Waals surface area (Å²) in [5, 5.41) is 2.47. The number of anilines is 1. The van der Waals surface area contributed by atoms with Crippen molar-refractivity contribution in [3.63, 3.8) is 0 Å². The number of methoxy groups -OCH3 is 1. The van der Waals surface area contributed by atoms with E-state index in [1.165, 1.54) is 40.4 Å². The molecular formula is C20H21N3O6S. The van der Waals surface area contributed by atoms with E-state index in [0.29, 0.717) is 11.0 Å². The molecule has 0 spiro atoms. The number of nitrogens with zero attached hydrogens (tertiary/aromatic N) is 2. The zero-order chi connectivity index (χ0) is 22.2. The van der Waals surface area contributed by atoms with Gasteiger partial charge >= 0.3 is 11.7 Å². The van der Waals surface area contributed by atoms with Crippen LogP contribution in [0, 0.1) is 6.92 Å². The van der Waals surface area contributed by atoms with Gasteiger partial charge in [-0.05, 0) is 31.2 Å². The number of nitrogens with one attached hydrogen (secondary N) is 1. The van der Waals surface area contributed by atoms with Crippen molar-refractivity contribution < 1.29 is 22.7 Å². The summed E-state index contributed by atoms with van der Waals surface area (Å²) in [6.07, 6.45) is -0.577. The lowest BCUT2D eigenvalue weighted by Crippen LogP contribution is -2.19. The molecule has 0 aliphatic rings. The number of fused-ring (bicyclic) bond motifs is 1. The van der Waals surface area contributed by atoms with Crippen molar-refractivity contribution in [2.45, 2.75) is 23.1 Å². The third-order valence-electron chi connectivity index (χ3n) is 4.80. The third kappa shape index (κ3) is 3.73. The van der Waals surface area contributed by atoms with Gasteiger partial charge in [0.1, 0.15) is 6.42 Å². The van der Waals surface area contributed by atoms with Crippen molar-refractivity contribution in [1.82, 2.24) is 9.13 Å². The van der Waals surface area contributed by atoms with Gasteiger partial charge in [-0.2, -0.15) is 0 Å². The van der Waals surface area contributed by atoms with Gasteiger partial charge in [-0.1, -0.05) is 17.7 Å². The van der Waals surface area contributed by atoms with Crippen LogP contribution >= 0.6 is 0 Å². The summed E-state index contributed by atoms with van der Waals surface area (Å²) < 4.78 is 33.8. The van der Waals surface area contributed by atoms with Crippen molar-refractivity contribution in [2.75, 3.05) is 12.4 Å². The topological polar surface area (TPSA) is 116 Å². The molecule has 1 heterocycles. The van der Waals surface area contributed by atoms with Crippen molar-refractivity contribution >= 4 is 38.4 Å². The van der Waals surface area contributed by atoms with E-state index in [9.17, 15) is 22.8 Å². The molecule has 30 heavy (non-hydrogen) atoms. The van der Waals surface area contributed by atoms with Crippen LogP contribution in [0.4, 0.5) is 5.69 Å². The number of benzene rings is 2. The Labute approximate surface area is 172 Å². The normalized spacial score (nSPS) is 11.5. The van der Waals surface area contributed by atoms with Crippen LogP contribution in [0.25, 0.3) is 11.0 Å². The number of sulfone groups is 1. The highest BCUT2D eigenvalue weighted by Crippen LogP contribution is 2.32. The minimum Gasteiger partial charge on any atom is -0.469 e. The van der Waals surface area contributed by atoms with E-state index in [2.05, 4.69) is 10.1 Å². The van der Waals surface area contributed by atoms with Gasteiger partial charge in [0.05, 0.1) is 33.6 Å². The summed E-state index contributed by atoms with van der Waals surface area (Å²) in [7, 11) is 0.185. The number of esters is 1. The SMILES string of the molecule is COC(=O)CC(=O)Nc1cc2c(cc1S(=O)(=O)c1ccc(C)cc1)n(C)c(=O)n2C. The molecule has 2 aromatic carbocycles. The highest BCUT2D eigenvalue weighted by Gasteiger charge is 2.25.